The van der Waals surface area contributed by atoms with Crippen LogP contribution in [0.1, 0.15) is 26.3 Å². The van der Waals surface area contributed by atoms with Gasteiger partial charge >= 0.3 is 0 Å². The number of para-hydroxylation sites is 1. The maximum absolute atomic E-state index is 14.5. The fourth-order valence-corrected chi connectivity index (χ4v) is 2.81. The molecule has 0 aliphatic heterocycles. The van der Waals surface area contributed by atoms with Crippen molar-refractivity contribution in [1.82, 2.24) is 9.88 Å². The molecule has 3 rings (SSSR count). The summed E-state index contributed by atoms with van der Waals surface area (Å²) in [6, 6.07) is 13.9. The molecule has 156 valence electrons. The monoisotopic (exact) mass is 417 g/mol. The van der Waals surface area contributed by atoms with Gasteiger partial charge in [0.2, 0.25) is 0 Å². The second-order valence-electron chi connectivity index (χ2n) is 7.11. The van der Waals surface area contributed by atoms with Crippen LogP contribution in [-0.4, -0.2) is 49.5 Å². The van der Waals surface area contributed by atoms with Crippen molar-refractivity contribution in [3.63, 3.8) is 0 Å². The molecule has 7 nitrogen and oxygen atoms in total. The summed E-state index contributed by atoms with van der Waals surface area (Å²) >= 11 is 0. The first-order valence-corrected chi connectivity index (χ1v) is 9.46. The van der Waals surface area contributed by atoms with Gasteiger partial charge in [-0.1, -0.05) is 29.7 Å². The SMILES string of the molecule is Bc1ccc(NC(=O)c2ccccc2NC(=O)c2ccc(C(=N)N(C)C)cc2F)nc1. The summed E-state index contributed by atoms with van der Waals surface area (Å²) in [5, 5.41) is 13.2. The lowest BCUT2D eigenvalue weighted by Gasteiger charge is -2.15. The van der Waals surface area contributed by atoms with Crippen LogP contribution >= 0.6 is 0 Å². The van der Waals surface area contributed by atoms with Crippen molar-refractivity contribution in [3.05, 3.63) is 83.3 Å². The van der Waals surface area contributed by atoms with Gasteiger partial charge in [-0.25, -0.2) is 9.37 Å². The minimum absolute atomic E-state index is 0.123. The van der Waals surface area contributed by atoms with Crippen LogP contribution in [0.4, 0.5) is 15.9 Å². The van der Waals surface area contributed by atoms with Crippen LogP contribution in [-0.2, 0) is 0 Å². The van der Waals surface area contributed by atoms with Crippen molar-refractivity contribution >= 4 is 42.5 Å². The average Bonchev–Trinajstić information content (AvgIpc) is 2.74. The molecule has 2 amide bonds. The van der Waals surface area contributed by atoms with E-state index in [1.807, 2.05) is 13.9 Å². The number of hydrogen-bond acceptors (Lipinski definition) is 4. The van der Waals surface area contributed by atoms with E-state index in [4.69, 9.17) is 5.41 Å². The first kappa shape index (κ1) is 21.7. The van der Waals surface area contributed by atoms with Gasteiger partial charge in [-0.2, -0.15) is 0 Å². The number of amides is 2. The minimum Gasteiger partial charge on any atom is -0.363 e. The molecule has 1 aromatic heterocycles. The van der Waals surface area contributed by atoms with Crippen molar-refractivity contribution in [1.29, 1.82) is 5.41 Å². The fourth-order valence-electron chi connectivity index (χ4n) is 2.81. The van der Waals surface area contributed by atoms with E-state index in [0.717, 1.165) is 11.5 Å². The van der Waals surface area contributed by atoms with Crippen LogP contribution < -0.4 is 16.1 Å². The quantitative estimate of drug-likeness (QED) is 0.336. The number of nitrogens with zero attached hydrogens (tertiary/aromatic N) is 2. The Morgan fingerprint density at radius 3 is 2.35 bits per heavy atom. The summed E-state index contributed by atoms with van der Waals surface area (Å²) in [5.74, 6) is -1.41. The Hall–Kier alpha value is -4.01. The van der Waals surface area contributed by atoms with Gasteiger partial charge in [0, 0.05) is 25.9 Å². The Balaban J connectivity index is 1.80. The number of nitrogens with one attached hydrogen (secondary N) is 3. The summed E-state index contributed by atoms with van der Waals surface area (Å²) in [6.45, 7) is 0. The minimum atomic E-state index is -0.757. The number of carbonyl (C=O) groups excluding carboxylic acids is 2. The Kier molecular flexibility index (Phi) is 6.45. The maximum atomic E-state index is 14.5. The van der Waals surface area contributed by atoms with E-state index in [1.54, 1.807) is 50.6 Å². The molecule has 9 heteroatoms. The van der Waals surface area contributed by atoms with Crippen LogP contribution in [0.25, 0.3) is 0 Å². The average molecular weight is 417 g/mol. The lowest BCUT2D eigenvalue weighted by Crippen LogP contribution is -2.23. The predicted octanol–water partition coefficient (Wildman–Crippen LogP) is 1.87. The van der Waals surface area contributed by atoms with E-state index in [0.29, 0.717) is 11.4 Å². The Morgan fingerprint density at radius 1 is 1.00 bits per heavy atom. The molecule has 0 aliphatic carbocycles. The Bertz CT molecular complexity index is 1150. The highest BCUT2D eigenvalue weighted by atomic mass is 19.1. The molecule has 0 bridgehead atoms. The van der Waals surface area contributed by atoms with Crippen LogP contribution in [0.15, 0.2) is 60.8 Å². The van der Waals surface area contributed by atoms with Crippen molar-refractivity contribution in [2.24, 2.45) is 0 Å². The van der Waals surface area contributed by atoms with Crippen LogP contribution in [0.5, 0.6) is 0 Å². The third kappa shape index (κ3) is 5.13. The van der Waals surface area contributed by atoms with Crippen molar-refractivity contribution in [2.75, 3.05) is 24.7 Å². The normalized spacial score (nSPS) is 10.3. The molecule has 0 atom stereocenters. The number of amidine groups is 1. The van der Waals surface area contributed by atoms with Crippen LogP contribution in [0, 0.1) is 11.2 Å². The number of carbonyl (C=O) groups is 2. The highest BCUT2D eigenvalue weighted by molar-refractivity contribution is 6.32. The largest absolute Gasteiger partial charge is 0.363 e. The van der Waals surface area contributed by atoms with Crippen molar-refractivity contribution in [3.8, 4) is 0 Å². The van der Waals surface area contributed by atoms with Crippen LogP contribution in [0.3, 0.4) is 0 Å². The zero-order valence-electron chi connectivity index (χ0n) is 17.4. The highest BCUT2D eigenvalue weighted by Crippen LogP contribution is 2.19. The Morgan fingerprint density at radius 2 is 1.71 bits per heavy atom. The zero-order chi connectivity index (χ0) is 22.5. The highest BCUT2D eigenvalue weighted by Gasteiger charge is 2.18. The molecular weight excluding hydrogens is 396 g/mol. The number of aromatic nitrogens is 1. The van der Waals surface area contributed by atoms with E-state index in [2.05, 4.69) is 15.6 Å². The molecule has 0 unspecified atom stereocenters. The molecule has 0 fully saturated rings. The van der Waals surface area contributed by atoms with Gasteiger partial charge in [0.25, 0.3) is 11.8 Å². The molecule has 3 aromatic rings. The summed E-state index contributed by atoms with van der Waals surface area (Å²) in [7, 11) is 5.24. The fraction of sp³-hybridized carbons (Fsp3) is 0.0909. The number of pyridine rings is 1. The third-order valence-corrected chi connectivity index (χ3v) is 4.51. The number of anilines is 2. The maximum Gasteiger partial charge on any atom is 0.258 e. The molecule has 0 spiro atoms. The first-order chi connectivity index (χ1) is 14.8. The van der Waals surface area contributed by atoms with Gasteiger partial charge < -0.3 is 15.5 Å². The van der Waals surface area contributed by atoms with Gasteiger partial charge in [0.15, 0.2) is 0 Å². The van der Waals surface area contributed by atoms with Gasteiger partial charge in [-0.15, -0.1) is 0 Å². The Labute approximate surface area is 180 Å². The second-order valence-corrected chi connectivity index (χ2v) is 7.11. The number of halogens is 1. The molecule has 0 saturated carbocycles. The van der Waals surface area contributed by atoms with Crippen molar-refractivity contribution < 1.29 is 14.0 Å². The van der Waals surface area contributed by atoms with E-state index in [9.17, 15) is 14.0 Å². The summed E-state index contributed by atoms with van der Waals surface area (Å²) in [5.41, 5.74) is 1.57. The lowest BCUT2D eigenvalue weighted by molar-refractivity contribution is 0.102. The topological polar surface area (TPSA) is 98.2 Å². The molecule has 2 aromatic carbocycles. The number of hydrogen-bond donors (Lipinski definition) is 3. The standard InChI is InChI=1S/C22H21BFN5O2/c1-29(2)20(25)13-7-9-15(17(24)11-13)21(30)27-18-6-4-3-5-16(18)22(31)28-19-10-8-14(23)12-26-19/h3-12,25H,23H2,1-2H3,(H,27,30)(H,26,28,31). The zero-order valence-corrected chi connectivity index (χ0v) is 17.4. The summed E-state index contributed by atoms with van der Waals surface area (Å²) < 4.78 is 14.5. The van der Waals surface area contributed by atoms with Gasteiger partial charge in [-0.3, -0.25) is 15.0 Å². The number of rotatable bonds is 5. The molecule has 31 heavy (non-hydrogen) atoms. The molecule has 0 saturated heterocycles. The van der Waals surface area contributed by atoms with E-state index < -0.39 is 17.6 Å². The predicted molar refractivity (Wildman–Crippen MR) is 122 cm³/mol. The number of benzene rings is 2. The van der Waals surface area contributed by atoms with Gasteiger partial charge in [-0.05, 0) is 30.3 Å². The summed E-state index contributed by atoms with van der Waals surface area (Å²) in [6.07, 6.45) is 1.63. The van der Waals surface area contributed by atoms with Crippen molar-refractivity contribution in [2.45, 2.75) is 0 Å². The van der Waals surface area contributed by atoms with Gasteiger partial charge in [0.1, 0.15) is 25.3 Å². The lowest BCUT2D eigenvalue weighted by atomic mass is 9.99. The molecular formula is C22H21BFN5O2. The van der Waals surface area contributed by atoms with Crippen LogP contribution in [0.2, 0.25) is 0 Å². The second kappa shape index (κ2) is 9.21. The van der Waals surface area contributed by atoms with E-state index in [1.165, 1.54) is 17.0 Å². The molecule has 1 heterocycles. The first-order valence-electron chi connectivity index (χ1n) is 9.46. The smallest absolute Gasteiger partial charge is 0.258 e. The van der Waals surface area contributed by atoms with Gasteiger partial charge in [0.05, 0.1) is 16.8 Å². The van der Waals surface area contributed by atoms with E-state index >= 15 is 0 Å². The molecule has 0 aliphatic rings. The summed E-state index contributed by atoms with van der Waals surface area (Å²) in [4.78, 5) is 31.0. The molecule has 3 N–H and O–H groups in total. The van der Waals surface area contributed by atoms with E-state index in [-0.39, 0.29) is 22.6 Å². The molecule has 0 radical (unpaired) electrons. The third-order valence-electron chi connectivity index (χ3n) is 4.51.